The minimum Gasteiger partial charge on any atom is -0.482 e. The molecular formula is C26H25FN6O3. The number of hydrogen-bond acceptors (Lipinski definition) is 6. The maximum absolute atomic E-state index is 15.1. The number of benzene rings is 1. The first-order valence-corrected chi connectivity index (χ1v) is 11.9. The second-order valence-electron chi connectivity index (χ2n) is 9.62. The van der Waals surface area contributed by atoms with E-state index in [1.54, 1.807) is 29.6 Å². The number of rotatable bonds is 4. The van der Waals surface area contributed by atoms with Crippen molar-refractivity contribution in [2.24, 2.45) is 0 Å². The van der Waals surface area contributed by atoms with Gasteiger partial charge in [0.05, 0.1) is 29.5 Å². The predicted molar refractivity (Wildman–Crippen MR) is 133 cm³/mol. The number of fused-ring (bicyclic) bond motifs is 3. The largest absolute Gasteiger partial charge is 0.482 e. The van der Waals surface area contributed by atoms with Crippen LogP contribution < -0.4 is 25.2 Å². The van der Waals surface area contributed by atoms with E-state index in [4.69, 9.17) is 4.74 Å². The molecular weight excluding hydrogens is 463 g/mol. The summed E-state index contributed by atoms with van der Waals surface area (Å²) >= 11 is 0. The van der Waals surface area contributed by atoms with Crippen molar-refractivity contribution in [3.05, 3.63) is 54.2 Å². The van der Waals surface area contributed by atoms with Gasteiger partial charge in [0.15, 0.2) is 0 Å². The van der Waals surface area contributed by atoms with Crippen molar-refractivity contribution in [1.29, 1.82) is 0 Å². The standard InChI is InChI=1S/C26H25FN6O3/c1-26(2)19-10-23(31-15-8-16(13-28-12-15)32-7-5-29-25(32)35)30-14-18(19)17-9-20(27)21(11-22(17)36-26)33-6-3-4-24(33)34/h8-14H,3-7H2,1-2H3,(H,29,35)(H,30,31). The van der Waals surface area contributed by atoms with Crippen LogP contribution in [0, 0.1) is 5.82 Å². The number of pyridine rings is 2. The zero-order valence-electron chi connectivity index (χ0n) is 20.0. The average molecular weight is 489 g/mol. The number of aromatic nitrogens is 2. The number of nitrogens with one attached hydrogen (secondary N) is 2. The zero-order chi connectivity index (χ0) is 25.0. The molecule has 3 aliphatic heterocycles. The zero-order valence-corrected chi connectivity index (χ0v) is 20.0. The molecule has 3 aliphatic rings. The molecule has 3 aromatic rings. The number of amides is 3. The molecule has 0 atom stereocenters. The molecule has 0 aliphatic carbocycles. The number of nitrogens with zero attached hydrogens (tertiary/aromatic N) is 4. The van der Waals surface area contributed by atoms with Crippen LogP contribution in [-0.4, -0.2) is 41.5 Å². The van der Waals surface area contributed by atoms with Crippen LogP contribution in [0.3, 0.4) is 0 Å². The lowest BCUT2D eigenvalue weighted by Gasteiger charge is -2.35. The summed E-state index contributed by atoms with van der Waals surface area (Å²) in [6, 6.07) is 6.61. The third kappa shape index (κ3) is 3.69. The molecule has 5 heterocycles. The lowest BCUT2D eigenvalue weighted by molar-refractivity contribution is -0.117. The van der Waals surface area contributed by atoms with Gasteiger partial charge in [-0.3, -0.25) is 14.7 Å². The third-order valence-corrected chi connectivity index (χ3v) is 6.79. The summed E-state index contributed by atoms with van der Waals surface area (Å²) in [4.78, 5) is 36.1. The molecule has 0 saturated carbocycles. The Balaban J connectivity index is 1.33. The fourth-order valence-electron chi connectivity index (χ4n) is 5.02. The van der Waals surface area contributed by atoms with E-state index in [2.05, 4.69) is 20.6 Å². The van der Waals surface area contributed by atoms with E-state index in [0.717, 1.165) is 11.1 Å². The number of hydrogen-bond donors (Lipinski definition) is 2. The summed E-state index contributed by atoms with van der Waals surface area (Å²) in [5.74, 6) is 0.547. The minimum absolute atomic E-state index is 0.0781. The lowest BCUT2D eigenvalue weighted by Crippen LogP contribution is -2.30. The van der Waals surface area contributed by atoms with Gasteiger partial charge in [-0.15, -0.1) is 0 Å². The minimum atomic E-state index is -0.723. The van der Waals surface area contributed by atoms with Gasteiger partial charge in [-0.05, 0) is 38.5 Å². The summed E-state index contributed by atoms with van der Waals surface area (Å²) < 4.78 is 21.4. The monoisotopic (exact) mass is 488 g/mol. The van der Waals surface area contributed by atoms with Crippen LogP contribution in [0.15, 0.2) is 42.9 Å². The summed E-state index contributed by atoms with van der Waals surface area (Å²) in [6.45, 7) is 5.56. The highest BCUT2D eigenvalue weighted by molar-refractivity contribution is 5.96. The van der Waals surface area contributed by atoms with E-state index in [9.17, 15) is 9.59 Å². The Hall–Kier alpha value is -4.21. The van der Waals surface area contributed by atoms with Crippen LogP contribution in [0.1, 0.15) is 32.3 Å². The maximum atomic E-state index is 15.1. The highest BCUT2D eigenvalue weighted by Crippen LogP contribution is 2.47. The number of anilines is 4. The van der Waals surface area contributed by atoms with Gasteiger partial charge in [0.2, 0.25) is 5.91 Å². The molecule has 2 saturated heterocycles. The van der Waals surface area contributed by atoms with E-state index in [1.807, 2.05) is 26.0 Å². The Morgan fingerprint density at radius 2 is 1.92 bits per heavy atom. The Bertz CT molecular complexity index is 1410. The highest BCUT2D eigenvalue weighted by Gasteiger charge is 2.35. The van der Waals surface area contributed by atoms with Gasteiger partial charge in [0, 0.05) is 55.0 Å². The number of carbonyl (C=O) groups is 2. The molecule has 0 spiro atoms. The van der Waals surface area contributed by atoms with Crippen molar-refractivity contribution in [1.82, 2.24) is 15.3 Å². The van der Waals surface area contributed by atoms with Crippen molar-refractivity contribution < 1.29 is 18.7 Å². The third-order valence-electron chi connectivity index (χ3n) is 6.79. The average Bonchev–Trinajstić information content (AvgIpc) is 3.47. The molecule has 6 rings (SSSR count). The van der Waals surface area contributed by atoms with Crippen LogP contribution >= 0.6 is 0 Å². The molecule has 0 unspecified atom stereocenters. The van der Waals surface area contributed by atoms with E-state index in [1.165, 1.54) is 11.0 Å². The summed E-state index contributed by atoms with van der Waals surface area (Å²) in [7, 11) is 0. The quantitative estimate of drug-likeness (QED) is 0.568. The fraction of sp³-hybridized carbons (Fsp3) is 0.308. The van der Waals surface area contributed by atoms with Crippen molar-refractivity contribution >= 4 is 34.8 Å². The smallest absolute Gasteiger partial charge is 0.322 e. The van der Waals surface area contributed by atoms with Gasteiger partial charge in [0.25, 0.3) is 0 Å². The van der Waals surface area contributed by atoms with E-state index in [0.29, 0.717) is 61.0 Å². The van der Waals surface area contributed by atoms with Crippen molar-refractivity contribution in [3.63, 3.8) is 0 Å². The number of halogens is 1. The van der Waals surface area contributed by atoms with Gasteiger partial charge in [0.1, 0.15) is 23.0 Å². The highest BCUT2D eigenvalue weighted by atomic mass is 19.1. The van der Waals surface area contributed by atoms with Gasteiger partial charge < -0.3 is 20.3 Å². The Morgan fingerprint density at radius 3 is 2.67 bits per heavy atom. The molecule has 1 aromatic carbocycles. The first-order valence-electron chi connectivity index (χ1n) is 11.9. The van der Waals surface area contributed by atoms with Gasteiger partial charge in [-0.1, -0.05) is 0 Å². The van der Waals surface area contributed by atoms with E-state index < -0.39 is 11.4 Å². The van der Waals surface area contributed by atoms with E-state index >= 15 is 4.39 Å². The van der Waals surface area contributed by atoms with Crippen LogP contribution in [0.4, 0.5) is 32.1 Å². The molecule has 0 radical (unpaired) electrons. The number of carbonyl (C=O) groups excluding carboxylic acids is 2. The Kier molecular flexibility index (Phi) is 5.06. The van der Waals surface area contributed by atoms with Gasteiger partial charge >= 0.3 is 6.03 Å². The Morgan fingerprint density at radius 1 is 1.06 bits per heavy atom. The number of urea groups is 1. The maximum Gasteiger partial charge on any atom is 0.322 e. The molecule has 184 valence electrons. The molecule has 2 aromatic heterocycles. The van der Waals surface area contributed by atoms with Gasteiger partial charge in [-0.2, -0.15) is 0 Å². The predicted octanol–water partition coefficient (Wildman–Crippen LogP) is 4.31. The van der Waals surface area contributed by atoms with Crippen molar-refractivity contribution in [3.8, 4) is 16.9 Å². The normalized spacial score (nSPS) is 18.0. The second-order valence-corrected chi connectivity index (χ2v) is 9.62. The first kappa shape index (κ1) is 22.3. The van der Waals surface area contributed by atoms with Gasteiger partial charge in [-0.25, -0.2) is 14.2 Å². The van der Waals surface area contributed by atoms with Crippen LogP contribution in [0.5, 0.6) is 5.75 Å². The topological polar surface area (TPSA) is 99.7 Å². The SMILES string of the molecule is CC1(C)Oc2cc(N3CCCC3=O)c(F)cc2-c2cnc(Nc3cncc(N4CCNC4=O)c3)cc21. The number of ether oxygens (including phenoxy) is 1. The molecule has 0 bridgehead atoms. The summed E-state index contributed by atoms with van der Waals surface area (Å²) in [6.07, 6.45) is 6.14. The van der Waals surface area contributed by atoms with Crippen molar-refractivity contribution in [2.45, 2.75) is 32.3 Å². The fourth-order valence-corrected chi connectivity index (χ4v) is 5.02. The van der Waals surface area contributed by atoms with Crippen LogP contribution in [-0.2, 0) is 10.4 Å². The van der Waals surface area contributed by atoms with Crippen LogP contribution in [0.2, 0.25) is 0 Å². The lowest BCUT2D eigenvalue weighted by atomic mass is 9.87. The van der Waals surface area contributed by atoms with Crippen LogP contribution in [0.25, 0.3) is 11.1 Å². The molecule has 2 N–H and O–H groups in total. The Labute approximate surface area is 207 Å². The molecule has 3 amide bonds. The molecule has 36 heavy (non-hydrogen) atoms. The van der Waals surface area contributed by atoms with Crippen molar-refractivity contribution in [2.75, 3.05) is 34.8 Å². The molecule has 2 fully saturated rings. The second kappa shape index (κ2) is 8.18. The summed E-state index contributed by atoms with van der Waals surface area (Å²) in [5.41, 5.74) is 3.11. The summed E-state index contributed by atoms with van der Waals surface area (Å²) in [5, 5.41) is 6.03. The molecule has 10 heteroatoms. The van der Waals surface area contributed by atoms with E-state index in [-0.39, 0.29) is 17.6 Å². The first-order chi connectivity index (χ1) is 17.3. The molecule has 9 nitrogen and oxygen atoms in total.